The predicted molar refractivity (Wildman–Crippen MR) is 194 cm³/mol. The van der Waals surface area contributed by atoms with E-state index in [1.807, 2.05) is 54.8 Å². The maximum Gasteiger partial charge on any atom is 0.357 e. The van der Waals surface area contributed by atoms with Gasteiger partial charge in [-0.15, -0.1) is 11.3 Å². The number of amides is 2. The largest absolute Gasteiger partial charge is 0.493 e. The lowest BCUT2D eigenvalue weighted by Crippen LogP contribution is -2.26. The molecule has 0 spiro atoms. The molecular formula is C39H38N4O6S. The molecule has 4 N–H and O–H groups in total. The first-order valence-electron chi connectivity index (χ1n) is 16.5. The molecule has 0 unspecified atom stereocenters. The van der Waals surface area contributed by atoms with Gasteiger partial charge in [0.1, 0.15) is 17.2 Å². The summed E-state index contributed by atoms with van der Waals surface area (Å²) in [6.07, 6.45) is 2.12. The van der Waals surface area contributed by atoms with Gasteiger partial charge in [-0.25, -0.2) is 9.78 Å². The van der Waals surface area contributed by atoms with Crippen molar-refractivity contribution in [3.05, 3.63) is 118 Å². The molecule has 0 bridgehead atoms. The second-order valence-corrected chi connectivity index (χ2v) is 12.6. The van der Waals surface area contributed by atoms with Crippen molar-refractivity contribution in [1.29, 1.82) is 0 Å². The maximum absolute atomic E-state index is 14.4. The Morgan fingerprint density at radius 1 is 0.940 bits per heavy atom. The van der Waals surface area contributed by atoms with E-state index in [2.05, 4.69) is 21.7 Å². The van der Waals surface area contributed by atoms with Crippen molar-refractivity contribution in [2.24, 2.45) is 5.73 Å². The smallest absolute Gasteiger partial charge is 0.357 e. The molecule has 3 heterocycles. The Balaban J connectivity index is 1.43. The highest BCUT2D eigenvalue weighted by molar-refractivity contribution is 7.13. The SMILES string of the molecule is CCCNC(=O)c1ccc(-c2cc3c(cc2C(=O)Nc2ccc(CN)cc2OCCc2ccccc2)-c2sccc2CCO3)c(C(=O)OC)n1. The van der Waals surface area contributed by atoms with Crippen LogP contribution in [0.3, 0.4) is 0 Å². The van der Waals surface area contributed by atoms with Crippen LogP contribution in [0.2, 0.25) is 0 Å². The molecule has 2 amide bonds. The van der Waals surface area contributed by atoms with Gasteiger partial charge in [-0.1, -0.05) is 43.3 Å². The number of carbonyl (C=O) groups is 3. The van der Waals surface area contributed by atoms with Crippen LogP contribution >= 0.6 is 11.3 Å². The number of rotatable bonds is 12. The summed E-state index contributed by atoms with van der Waals surface area (Å²) in [6.45, 7) is 3.52. The third-order valence-corrected chi connectivity index (χ3v) is 9.33. The van der Waals surface area contributed by atoms with Gasteiger partial charge in [-0.2, -0.15) is 0 Å². The van der Waals surface area contributed by atoms with Crippen molar-refractivity contribution >= 4 is 34.8 Å². The molecule has 0 atom stereocenters. The zero-order chi connectivity index (χ0) is 35.0. The average Bonchev–Trinajstić information content (AvgIpc) is 3.55. The van der Waals surface area contributed by atoms with Gasteiger partial charge in [-0.05, 0) is 71.0 Å². The van der Waals surface area contributed by atoms with Crippen LogP contribution in [-0.2, 0) is 24.1 Å². The minimum absolute atomic E-state index is 0.0557. The number of nitrogens with two attached hydrogens (primary N) is 1. The maximum atomic E-state index is 14.4. The number of nitrogens with zero attached hydrogens (tertiary/aromatic N) is 1. The molecule has 5 aromatic rings. The molecule has 11 heteroatoms. The number of thiophene rings is 1. The predicted octanol–water partition coefficient (Wildman–Crippen LogP) is 6.67. The van der Waals surface area contributed by atoms with Crippen LogP contribution in [0.5, 0.6) is 11.5 Å². The van der Waals surface area contributed by atoms with E-state index in [-0.39, 0.29) is 17.0 Å². The van der Waals surface area contributed by atoms with Crippen LogP contribution in [0.25, 0.3) is 21.6 Å². The molecule has 0 saturated heterocycles. The summed E-state index contributed by atoms with van der Waals surface area (Å²) in [5.41, 5.74) is 11.2. The van der Waals surface area contributed by atoms with Gasteiger partial charge in [0.05, 0.1) is 26.0 Å². The van der Waals surface area contributed by atoms with Gasteiger partial charge in [0.2, 0.25) is 0 Å². The summed E-state index contributed by atoms with van der Waals surface area (Å²) >= 11 is 1.57. The molecule has 3 aromatic carbocycles. The second kappa shape index (κ2) is 15.8. The van der Waals surface area contributed by atoms with Crippen LogP contribution in [-0.4, -0.2) is 49.6 Å². The molecule has 0 fully saturated rings. The van der Waals surface area contributed by atoms with E-state index in [0.29, 0.717) is 67.5 Å². The monoisotopic (exact) mass is 690 g/mol. The van der Waals surface area contributed by atoms with Crippen LogP contribution in [0.15, 0.2) is 84.2 Å². The second-order valence-electron chi connectivity index (χ2n) is 11.7. The van der Waals surface area contributed by atoms with E-state index >= 15 is 0 Å². The third kappa shape index (κ3) is 7.54. The Morgan fingerprint density at radius 3 is 2.56 bits per heavy atom. The first-order valence-corrected chi connectivity index (χ1v) is 17.3. The van der Waals surface area contributed by atoms with Crippen molar-refractivity contribution < 1.29 is 28.6 Å². The van der Waals surface area contributed by atoms with Crippen LogP contribution < -0.4 is 25.8 Å². The molecule has 256 valence electrons. The number of benzene rings is 3. The first kappa shape index (κ1) is 34.3. The van der Waals surface area contributed by atoms with Gasteiger partial charge >= 0.3 is 5.97 Å². The fraction of sp³-hybridized carbons (Fsp3) is 0.231. The molecule has 0 aliphatic carbocycles. The molecular weight excluding hydrogens is 653 g/mol. The quantitative estimate of drug-likeness (QED) is 0.123. The fourth-order valence-corrected chi connectivity index (χ4v) is 6.72. The van der Waals surface area contributed by atoms with Crippen molar-refractivity contribution in [2.45, 2.75) is 32.7 Å². The number of ether oxygens (including phenoxy) is 3. The van der Waals surface area contributed by atoms with Crippen LogP contribution in [0.1, 0.15) is 61.4 Å². The summed E-state index contributed by atoms with van der Waals surface area (Å²) < 4.78 is 17.5. The number of pyridine rings is 1. The summed E-state index contributed by atoms with van der Waals surface area (Å²) in [4.78, 5) is 45.9. The van der Waals surface area contributed by atoms with E-state index in [4.69, 9.17) is 19.9 Å². The number of hydrogen-bond acceptors (Lipinski definition) is 9. The standard InChI is InChI=1S/C39H38N4O6S/c1-3-16-41-38(45)32-12-10-27(35(42-32)39(46)47-2)28-22-33-30(36-26(14-18-48-33)15-19-50-36)21-29(28)37(44)43-31-11-9-25(23-40)20-34(31)49-17-13-24-7-5-4-6-8-24/h4-12,15,19-22H,3,13-14,16-18,23,40H2,1-2H3,(H,41,45)(H,43,44). The number of esters is 1. The minimum atomic E-state index is -0.751. The Hall–Kier alpha value is -5.52. The number of aromatic nitrogens is 1. The number of anilines is 1. The molecule has 6 rings (SSSR count). The lowest BCUT2D eigenvalue weighted by Gasteiger charge is -2.18. The number of nitrogens with one attached hydrogen (secondary N) is 2. The Labute approximate surface area is 294 Å². The Kier molecular flexibility index (Phi) is 10.9. The fourth-order valence-electron chi connectivity index (χ4n) is 5.74. The Bertz CT molecular complexity index is 2030. The lowest BCUT2D eigenvalue weighted by molar-refractivity contribution is 0.0594. The number of fused-ring (bicyclic) bond motifs is 3. The lowest BCUT2D eigenvalue weighted by atomic mass is 9.93. The number of methoxy groups -OCH3 is 1. The minimum Gasteiger partial charge on any atom is -0.493 e. The van der Waals surface area contributed by atoms with E-state index in [1.165, 1.54) is 13.2 Å². The van der Waals surface area contributed by atoms with Crippen molar-refractivity contribution in [3.8, 4) is 33.1 Å². The highest BCUT2D eigenvalue weighted by Gasteiger charge is 2.27. The summed E-state index contributed by atoms with van der Waals surface area (Å²) in [5, 5.41) is 7.86. The molecule has 50 heavy (non-hydrogen) atoms. The number of carbonyl (C=O) groups excluding carboxylic acids is 3. The third-order valence-electron chi connectivity index (χ3n) is 8.34. The van der Waals surface area contributed by atoms with Crippen molar-refractivity contribution in [3.63, 3.8) is 0 Å². The first-order chi connectivity index (χ1) is 24.4. The molecule has 10 nitrogen and oxygen atoms in total. The summed E-state index contributed by atoms with van der Waals surface area (Å²) in [5.74, 6) is -0.566. The van der Waals surface area contributed by atoms with Crippen molar-refractivity contribution in [2.75, 3.05) is 32.2 Å². The van der Waals surface area contributed by atoms with Crippen molar-refractivity contribution in [1.82, 2.24) is 10.3 Å². The van der Waals surface area contributed by atoms with Gasteiger partial charge in [0.15, 0.2) is 5.69 Å². The molecule has 1 aliphatic heterocycles. The van der Waals surface area contributed by atoms with Gasteiger partial charge in [0, 0.05) is 53.1 Å². The van der Waals surface area contributed by atoms with Crippen LogP contribution in [0.4, 0.5) is 5.69 Å². The van der Waals surface area contributed by atoms with E-state index in [9.17, 15) is 14.4 Å². The van der Waals surface area contributed by atoms with Gasteiger partial charge in [-0.3, -0.25) is 9.59 Å². The molecule has 0 radical (unpaired) electrons. The highest BCUT2D eigenvalue weighted by atomic mass is 32.1. The van der Waals surface area contributed by atoms with E-state index in [1.54, 1.807) is 35.6 Å². The van der Waals surface area contributed by atoms with Gasteiger partial charge in [0.25, 0.3) is 11.8 Å². The molecule has 2 aromatic heterocycles. The topological polar surface area (TPSA) is 142 Å². The normalized spacial score (nSPS) is 11.7. The average molecular weight is 691 g/mol. The van der Waals surface area contributed by atoms with E-state index < -0.39 is 17.8 Å². The zero-order valence-corrected chi connectivity index (χ0v) is 28.7. The van der Waals surface area contributed by atoms with E-state index in [0.717, 1.165) is 33.6 Å². The zero-order valence-electron chi connectivity index (χ0n) is 27.9. The number of hydrogen-bond donors (Lipinski definition) is 3. The van der Waals surface area contributed by atoms with Gasteiger partial charge < -0.3 is 30.6 Å². The summed E-state index contributed by atoms with van der Waals surface area (Å²) in [6, 6.07) is 24.2. The highest BCUT2D eigenvalue weighted by Crippen LogP contribution is 2.43. The Morgan fingerprint density at radius 2 is 1.78 bits per heavy atom. The summed E-state index contributed by atoms with van der Waals surface area (Å²) in [7, 11) is 1.24. The van der Waals surface area contributed by atoms with Crippen LogP contribution in [0, 0.1) is 0 Å². The molecule has 0 saturated carbocycles. The molecule has 1 aliphatic rings.